The van der Waals surface area contributed by atoms with E-state index in [0.717, 1.165) is 18.5 Å². The molecule has 4 nitrogen and oxygen atoms in total. The minimum absolute atomic E-state index is 0.250. The van der Waals surface area contributed by atoms with Crippen LogP contribution in [-0.2, 0) is 0 Å². The van der Waals surface area contributed by atoms with Crippen molar-refractivity contribution in [3.05, 3.63) is 29.8 Å². The maximum Gasteiger partial charge on any atom is 0.186 e. The quantitative estimate of drug-likeness (QED) is 0.114. The fourth-order valence-corrected chi connectivity index (χ4v) is 3.44. The molecule has 0 unspecified atom stereocenters. The molecular weight excluding hydrogens is 378 g/mol. The summed E-state index contributed by atoms with van der Waals surface area (Å²) in [6, 6.07) is 6.86. The molecule has 1 rings (SSSR count). The Hall–Kier alpha value is -1.62. The Kier molecular flexibility index (Phi) is 16.1. The molecule has 0 heterocycles. The fraction of sp³-hybridized carbons (Fsp3) is 0.667. The van der Waals surface area contributed by atoms with Gasteiger partial charge in [-0.05, 0) is 48.5 Å². The summed E-state index contributed by atoms with van der Waals surface area (Å²) >= 11 is 5.21. The molecule has 1 aromatic rings. The van der Waals surface area contributed by atoms with Crippen LogP contribution in [-0.4, -0.2) is 23.0 Å². The number of hydrogen-bond acceptors (Lipinski definition) is 3. The number of aromatic hydroxyl groups is 1. The largest absolute Gasteiger partial charge is 0.508 e. The number of rotatable bonds is 17. The molecule has 1 aromatic carbocycles. The van der Waals surface area contributed by atoms with Crippen LogP contribution in [0.15, 0.2) is 29.4 Å². The van der Waals surface area contributed by atoms with Crippen LogP contribution in [0.4, 0.5) is 0 Å². The molecule has 0 amide bonds. The lowest BCUT2D eigenvalue weighted by molar-refractivity contribution is 0.475. The third-order valence-corrected chi connectivity index (χ3v) is 5.32. The average molecular weight is 420 g/mol. The van der Waals surface area contributed by atoms with Crippen molar-refractivity contribution in [2.24, 2.45) is 5.10 Å². The third kappa shape index (κ3) is 15.9. The number of hydrogen-bond donors (Lipinski definition) is 3. The van der Waals surface area contributed by atoms with Crippen molar-refractivity contribution in [3.63, 3.8) is 0 Å². The Morgan fingerprint density at radius 1 is 0.828 bits per heavy atom. The van der Waals surface area contributed by atoms with Gasteiger partial charge in [0.25, 0.3) is 0 Å². The smallest absolute Gasteiger partial charge is 0.186 e. The van der Waals surface area contributed by atoms with Crippen molar-refractivity contribution in [3.8, 4) is 5.75 Å². The number of hydrazone groups is 1. The Morgan fingerprint density at radius 2 is 1.31 bits per heavy atom. The Balaban J connectivity index is 1.83. The molecule has 164 valence electrons. The van der Waals surface area contributed by atoms with Crippen molar-refractivity contribution in [2.75, 3.05) is 6.54 Å². The molecule has 29 heavy (non-hydrogen) atoms. The number of thiocarbonyl (C=S) groups is 1. The van der Waals surface area contributed by atoms with Crippen molar-refractivity contribution in [1.29, 1.82) is 0 Å². The van der Waals surface area contributed by atoms with Gasteiger partial charge in [-0.1, -0.05) is 90.4 Å². The lowest BCUT2D eigenvalue weighted by Gasteiger charge is -2.07. The first-order chi connectivity index (χ1) is 14.2. The van der Waals surface area contributed by atoms with Gasteiger partial charge in [-0.2, -0.15) is 5.10 Å². The first kappa shape index (κ1) is 25.4. The number of unbranched alkanes of at least 4 members (excludes halogenated alkanes) is 13. The Bertz CT molecular complexity index is 546. The summed E-state index contributed by atoms with van der Waals surface area (Å²) in [6.45, 7) is 3.17. The van der Waals surface area contributed by atoms with Crippen LogP contribution in [0.2, 0.25) is 0 Å². The van der Waals surface area contributed by atoms with Gasteiger partial charge in [0.2, 0.25) is 0 Å². The Labute approximate surface area is 183 Å². The highest BCUT2D eigenvalue weighted by atomic mass is 32.1. The highest BCUT2D eigenvalue weighted by Crippen LogP contribution is 2.12. The van der Waals surface area contributed by atoms with Crippen LogP contribution in [0.1, 0.15) is 102 Å². The zero-order valence-corrected chi connectivity index (χ0v) is 19.1. The number of benzene rings is 1. The molecule has 0 fully saturated rings. The Morgan fingerprint density at radius 3 is 1.83 bits per heavy atom. The zero-order valence-electron chi connectivity index (χ0n) is 18.3. The van der Waals surface area contributed by atoms with E-state index in [2.05, 4.69) is 22.8 Å². The van der Waals surface area contributed by atoms with Gasteiger partial charge >= 0.3 is 0 Å². The summed E-state index contributed by atoms with van der Waals surface area (Å²) in [6.07, 6.45) is 20.9. The molecule has 0 aliphatic heterocycles. The van der Waals surface area contributed by atoms with E-state index in [1.807, 2.05) is 0 Å². The van der Waals surface area contributed by atoms with Crippen molar-refractivity contribution in [1.82, 2.24) is 10.7 Å². The maximum absolute atomic E-state index is 9.24. The van der Waals surface area contributed by atoms with E-state index in [1.165, 1.54) is 83.5 Å². The van der Waals surface area contributed by atoms with Crippen LogP contribution >= 0.6 is 12.2 Å². The predicted molar refractivity (Wildman–Crippen MR) is 130 cm³/mol. The van der Waals surface area contributed by atoms with Gasteiger partial charge in [-0.3, -0.25) is 5.43 Å². The molecule has 0 atom stereocenters. The van der Waals surface area contributed by atoms with Gasteiger partial charge in [0.15, 0.2) is 5.11 Å². The molecule has 0 aromatic heterocycles. The second-order valence-electron chi connectivity index (χ2n) is 7.81. The van der Waals surface area contributed by atoms with Gasteiger partial charge < -0.3 is 10.4 Å². The first-order valence-corrected chi connectivity index (χ1v) is 12.0. The molecular formula is C24H41N3OS. The third-order valence-electron chi connectivity index (χ3n) is 5.09. The monoisotopic (exact) mass is 419 g/mol. The molecule has 3 N–H and O–H groups in total. The van der Waals surface area contributed by atoms with Crippen molar-refractivity contribution >= 4 is 23.5 Å². The minimum atomic E-state index is 0.250. The normalized spacial score (nSPS) is 11.1. The van der Waals surface area contributed by atoms with Gasteiger partial charge in [0, 0.05) is 6.54 Å². The number of nitrogens with zero attached hydrogens (tertiary/aromatic N) is 1. The number of nitrogens with one attached hydrogen (secondary N) is 2. The van der Waals surface area contributed by atoms with Gasteiger partial charge in [0.1, 0.15) is 5.75 Å². The van der Waals surface area contributed by atoms with E-state index in [-0.39, 0.29) is 5.75 Å². The summed E-state index contributed by atoms with van der Waals surface area (Å²) in [5.74, 6) is 0.250. The highest BCUT2D eigenvalue weighted by molar-refractivity contribution is 7.80. The summed E-state index contributed by atoms with van der Waals surface area (Å²) < 4.78 is 0. The van der Waals surface area contributed by atoms with E-state index in [0.29, 0.717) is 5.11 Å². The zero-order chi connectivity index (χ0) is 21.0. The predicted octanol–water partition coefficient (Wildman–Crippen LogP) is 6.67. The number of phenolic OH excluding ortho intramolecular Hbond substituents is 1. The molecule has 5 heteroatoms. The molecule has 0 saturated heterocycles. The second kappa shape index (κ2) is 18.4. The summed E-state index contributed by atoms with van der Waals surface area (Å²) in [5, 5.41) is 17.1. The van der Waals surface area contributed by atoms with Crippen LogP contribution in [0.3, 0.4) is 0 Å². The fourth-order valence-electron chi connectivity index (χ4n) is 3.29. The lowest BCUT2D eigenvalue weighted by atomic mass is 10.0. The molecule has 0 saturated carbocycles. The molecule has 0 bridgehead atoms. The minimum Gasteiger partial charge on any atom is -0.508 e. The molecule has 0 radical (unpaired) electrons. The van der Waals surface area contributed by atoms with E-state index in [4.69, 9.17) is 12.2 Å². The summed E-state index contributed by atoms with van der Waals surface area (Å²) in [7, 11) is 0. The van der Waals surface area contributed by atoms with Crippen molar-refractivity contribution in [2.45, 2.75) is 96.8 Å². The topological polar surface area (TPSA) is 56.7 Å². The van der Waals surface area contributed by atoms with E-state index in [1.54, 1.807) is 30.5 Å². The van der Waals surface area contributed by atoms with Crippen LogP contribution in [0.5, 0.6) is 5.75 Å². The highest BCUT2D eigenvalue weighted by Gasteiger charge is 1.96. The van der Waals surface area contributed by atoms with Crippen LogP contribution in [0.25, 0.3) is 0 Å². The van der Waals surface area contributed by atoms with Crippen molar-refractivity contribution < 1.29 is 5.11 Å². The summed E-state index contributed by atoms with van der Waals surface area (Å²) in [5.41, 5.74) is 3.73. The SMILES string of the molecule is CCCCCCCCCCCCCCCCNC(=S)N/N=C/c1ccc(O)cc1. The summed E-state index contributed by atoms with van der Waals surface area (Å²) in [4.78, 5) is 0. The second-order valence-corrected chi connectivity index (χ2v) is 8.22. The van der Waals surface area contributed by atoms with E-state index >= 15 is 0 Å². The van der Waals surface area contributed by atoms with Gasteiger partial charge in [-0.15, -0.1) is 0 Å². The standard InChI is InChI=1S/C24H41N3OS/c1-2-3-4-5-6-7-8-9-10-11-12-13-14-15-20-25-24(29)27-26-21-22-16-18-23(28)19-17-22/h16-19,21,28H,2-15,20H2,1H3,(H2,25,27,29)/b26-21+. The first-order valence-electron chi connectivity index (χ1n) is 11.6. The molecule has 0 spiro atoms. The maximum atomic E-state index is 9.24. The van der Waals surface area contributed by atoms with E-state index in [9.17, 15) is 5.11 Å². The van der Waals surface area contributed by atoms with Gasteiger partial charge in [0.05, 0.1) is 6.21 Å². The van der Waals surface area contributed by atoms with Gasteiger partial charge in [-0.25, -0.2) is 0 Å². The van der Waals surface area contributed by atoms with E-state index < -0.39 is 0 Å². The molecule has 0 aliphatic carbocycles. The lowest BCUT2D eigenvalue weighted by Crippen LogP contribution is -2.32. The number of phenols is 1. The average Bonchev–Trinajstić information content (AvgIpc) is 2.72. The van der Waals surface area contributed by atoms with Crippen LogP contribution < -0.4 is 10.7 Å². The molecule has 0 aliphatic rings. The van der Waals surface area contributed by atoms with Crippen LogP contribution in [0, 0.1) is 0 Å².